The van der Waals surface area contributed by atoms with E-state index in [9.17, 15) is 22.8 Å². The van der Waals surface area contributed by atoms with Gasteiger partial charge in [0.1, 0.15) is 22.4 Å². The van der Waals surface area contributed by atoms with Crippen molar-refractivity contribution in [2.45, 2.75) is 12.5 Å². The van der Waals surface area contributed by atoms with Gasteiger partial charge in [-0.3, -0.25) is 9.59 Å². The Morgan fingerprint density at radius 1 is 1.50 bits per heavy atom. The van der Waals surface area contributed by atoms with E-state index in [0.717, 1.165) is 11.2 Å². The van der Waals surface area contributed by atoms with Crippen LogP contribution in [0.3, 0.4) is 0 Å². The number of carboxylic acid groups (broad SMARTS) is 1. The minimum Gasteiger partial charge on any atom is -0.480 e. The predicted octanol–water partition coefficient (Wildman–Crippen LogP) is -2.17. The van der Waals surface area contributed by atoms with Crippen molar-refractivity contribution in [3.8, 4) is 0 Å². The zero-order valence-corrected chi connectivity index (χ0v) is 10.6. The van der Waals surface area contributed by atoms with Crippen molar-refractivity contribution in [2.75, 3.05) is 25.1 Å². The van der Waals surface area contributed by atoms with Crippen molar-refractivity contribution < 1.29 is 27.9 Å². The van der Waals surface area contributed by atoms with Gasteiger partial charge in [-0.25, -0.2) is 13.2 Å². The summed E-state index contributed by atoms with van der Waals surface area (Å²) in [6.45, 7) is -0.529. The third-order valence-corrected chi connectivity index (χ3v) is 3.42. The average Bonchev–Trinajstić information content (AvgIpc) is 2.24. The van der Waals surface area contributed by atoms with Crippen LogP contribution >= 0.6 is 0 Å². The number of hydrogen-bond acceptors (Lipinski definition) is 5. The quantitative estimate of drug-likeness (QED) is 0.604. The number of carbonyl (C=O) groups excluding carboxylic acids is 2. The first-order valence-corrected chi connectivity index (χ1v) is 7.23. The molecule has 8 nitrogen and oxygen atoms in total. The summed E-state index contributed by atoms with van der Waals surface area (Å²) in [5, 5.41) is 11.2. The lowest BCUT2D eigenvalue weighted by Crippen LogP contribution is -2.59. The molecular weight excluding hydrogens is 264 g/mol. The minimum absolute atomic E-state index is 0.168. The summed E-state index contributed by atoms with van der Waals surface area (Å²) < 4.78 is 21.9. The van der Waals surface area contributed by atoms with E-state index < -0.39 is 33.7 Å². The summed E-state index contributed by atoms with van der Waals surface area (Å²) in [7, 11) is -3.30. The molecule has 9 heteroatoms. The van der Waals surface area contributed by atoms with Crippen LogP contribution in [0.5, 0.6) is 0 Å². The first kappa shape index (κ1) is 14.4. The fourth-order valence-electron chi connectivity index (χ4n) is 1.54. The summed E-state index contributed by atoms with van der Waals surface area (Å²) in [6.07, 6.45) is 0.660. The predicted molar refractivity (Wildman–Crippen MR) is 60.5 cm³/mol. The highest BCUT2D eigenvalue weighted by Crippen LogP contribution is 2.07. The van der Waals surface area contributed by atoms with Gasteiger partial charge in [-0.1, -0.05) is 0 Å². The molecule has 1 atom stereocenters. The molecule has 1 aliphatic heterocycles. The maximum Gasteiger partial charge on any atom is 0.328 e. The zero-order valence-electron chi connectivity index (χ0n) is 9.75. The smallest absolute Gasteiger partial charge is 0.328 e. The Morgan fingerprint density at radius 2 is 2.11 bits per heavy atom. The molecule has 2 N–H and O–H groups in total. The number of nitrogens with zero attached hydrogens (tertiary/aromatic N) is 1. The van der Waals surface area contributed by atoms with Gasteiger partial charge < -0.3 is 15.3 Å². The molecule has 1 unspecified atom stereocenters. The molecule has 0 bridgehead atoms. The van der Waals surface area contributed by atoms with Crippen LogP contribution < -0.4 is 5.32 Å². The second kappa shape index (κ2) is 5.34. The van der Waals surface area contributed by atoms with Crippen LogP contribution in [-0.2, 0) is 24.2 Å². The molecule has 1 aliphatic rings. The van der Waals surface area contributed by atoms with Gasteiger partial charge in [0.05, 0.1) is 5.75 Å². The first-order chi connectivity index (χ1) is 8.20. The Labute approximate surface area is 104 Å². The van der Waals surface area contributed by atoms with Crippen LogP contribution in [0.15, 0.2) is 0 Å². The van der Waals surface area contributed by atoms with Crippen molar-refractivity contribution in [3.05, 3.63) is 0 Å². The van der Waals surface area contributed by atoms with Crippen LogP contribution in [-0.4, -0.2) is 67.3 Å². The largest absolute Gasteiger partial charge is 0.480 e. The topological polar surface area (TPSA) is 121 Å². The molecule has 1 saturated heterocycles. The highest BCUT2D eigenvalue weighted by Gasteiger charge is 2.34. The van der Waals surface area contributed by atoms with Crippen molar-refractivity contribution in [1.82, 2.24) is 10.2 Å². The molecule has 102 valence electrons. The van der Waals surface area contributed by atoms with Gasteiger partial charge in [0.25, 0.3) is 0 Å². The molecule has 0 aromatic heterocycles. The number of aliphatic carboxylic acids is 1. The highest BCUT2D eigenvalue weighted by molar-refractivity contribution is 7.90. The zero-order chi connectivity index (χ0) is 13.9. The van der Waals surface area contributed by atoms with E-state index in [2.05, 4.69) is 5.32 Å². The SMILES string of the molecule is CS(=O)(=O)CCC(=O)N1CC(=O)NCC1C(=O)O. The summed E-state index contributed by atoms with van der Waals surface area (Å²) in [5.74, 6) is -2.71. The Morgan fingerprint density at radius 3 is 2.61 bits per heavy atom. The van der Waals surface area contributed by atoms with E-state index in [1.807, 2.05) is 0 Å². The number of amides is 2. The van der Waals surface area contributed by atoms with Gasteiger partial charge in [0, 0.05) is 19.2 Å². The normalized spacial score (nSPS) is 20.4. The molecule has 1 fully saturated rings. The molecule has 18 heavy (non-hydrogen) atoms. The van der Waals surface area contributed by atoms with E-state index >= 15 is 0 Å². The number of sulfone groups is 1. The van der Waals surface area contributed by atoms with Gasteiger partial charge >= 0.3 is 5.97 Å². The first-order valence-electron chi connectivity index (χ1n) is 5.17. The number of hydrogen-bond donors (Lipinski definition) is 2. The standard InChI is InChI=1S/C9H14N2O6S/c1-18(16,17)3-2-8(13)11-5-7(12)10-4-6(11)9(14)15/h6H,2-5H2,1H3,(H,10,12)(H,14,15). The second-order valence-corrected chi connectivity index (χ2v) is 6.32. The molecule has 0 aliphatic carbocycles. The third kappa shape index (κ3) is 3.99. The van der Waals surface area contributed by atoms with Gasteiger partial charge in [0.15, 0.2) is 0 Å². The van der Waals surface area contributed by atoms with E-state index in [1.54, 1.807) is 0 Å². The fourth-order valence-corrected chi connectivity index (χ4v) is 2.09. The highest BCUT2D eigenvalue weighted by atomic mass is 32.2. The lowest BCUT2D eigenvalue weighted by atomic mass is 10.1. The van der Waals surface area contributed by atoms with Crippen molar-refractivity contribution in [3.63, 3.8) is 0 Å². The maximum atomic E-state index is 11.7. The van der Waals surface area contributed by atoms with Gasteiger partial charge in [-0.05, 0) is 0 Å². The summed E-state index contributed by atoms with van der Waals surface area (Å²) >= 11 is 0. The summed E-state index contributed by atoms with van der Waals surface area (Å²) in [5.41, 5.74) is 0. The molecule has 0 spiro atoms. The number of carbonyl (C=O) groups is 3. The molecule has 0 aromatic carbocycles. The molecule has 0 aromatic rings. The van der Waals surface area contributed by atoms with E-state index in [4.69, 9.17) is 5.11 Å². The molecular formula is C9H14N2O6S. The third-order valence-electron chi connectivity index (χ3n) is 2.47. The van der Waals surface area contributed by atoms with Crippen molar-refractivity contribution in [2.24, 2.45) is 0 Å². The second-order valence-electron chi connectivity index (χ2n) is 4.06. The van der Waals surface area contributed by atoms with E-state index in [0.29, 0.717) is 0 Å². The Balaban J connectivity index is 2.73. The molecule has 0 saturated carbocycles. The van der Waals surface area contributed by atoms with Gasteiger partial charge in [0.2, 0.25) is 11.8 Å². The van der Waals surface area contributed by atoms with Crippen molar-refractivity contribution in [1.29, 1.82) is 0 Å². The Hall–Kier alpha value is -1.64. The number of nitrogens with one attached hydrogen (secondary N) is 1. The number of piperazine rings is 1. The van der Waals surface area contributed by atoms with Crippen molar-refractivity contribution >= 4 is 27.6 Å². The molecule has 0 radical (unpaired) electrons. The molecule has 1 heterocycles. The fraction of sp³-hybridized carbons (Fsp3) is 0.667. The van der Waals surface area contributed by atoms with E-state index in [1.165, 1.54) is 0 Å². The average molecular weight is 278 g/mol. The monoisotopic (exact) mass is 278 g/mol. The molecule has 2 amide bonds. The minimum atomic E-state index is -3.30. The number of carboxylic acids is 1. The number of rotatable bonds is 4. The van der Waals surface area contributed by atoms with Crippen LogP contribution in [0.25, 0.3) is 0 Å². The Kier molecular flexibility index (Phi) is 4.28. The maximum absolute atomic E-state index is 11.7. The van der Waals surface area contributed by atoms with Crippen LogP contribution in [0.1, 0.15) is 6.42 Å². The summed E-state index contributed by atoms with van der Waals surface area (Å²) in [4.78, 5) is 34.7. The summed E-state index contributed by atoms with van der Waals surface area (Å²) in [6, 6.07) is -1.14. The van der Waals surface area contributed by atoms with Crippen LogP contribution in [0.4, 0.5) is 0 Å². The van der Waals surface area contributed by atoms with Gasteiger partial charge in [-0.15, -0.1) is 0 Å². The lowest BCUT2D eigenvalue weighted by Gasteiger charge is -2.32. The molecule has 1 rings (SSSR count). The van der Waals surface area contributed by atoms with Crippen LogP contribution in [0, 0.1) is 0 Å². The van der Waals surface area contributed by atoms with E-state index in [-0.39, 0.29) is 25.3 Å². The van der Waals surface area contributed by atoms with Crippen LogP contribution in [0.2, 0.25) is 0 Å². The Bertz CT molecular complexity index is 471. The van der Waals surface area contributed by atoms with Gasteiger partial charge in [-0.2, -0.15) is 0 Å². The lowest BCUT2D eigenvalue weighted by molar-refractivity contribution is -0.153.